The molecular formula is C21H21NO2S. The first kappa shape index (κ1) is 17.2. The zero-order chi connectivity index (χ0) is 17.6. The maximum Gasteiger partial charge on any atom is 0.265 e. The van der Waals surface area contributed by atoms with Crippen LogP contribution in [0.5, 0.6) is 5.75 Å². The van der Waals surface area contributed by atoms with Crippen molar-refractivity contribution in [2.24, 2.45) is 0 Å². The number of nitrogens with one attached hydrogen (secondary N) is 1. The van der Waals surface area contributed by atoms with E-state index in [2.05, 4.69) is 31.3 Å². The predicted molar refractivity (Wildman–Crippen MR) is 104 cm³/mol. The molecule has 3 rings (SSSR count). The van der Waals surface area contributed by atoms with Crippen LogP contribution in [0.2, 0.25) is 0 Å². The van der Waals surface area contributed by atoms with Gasteiger partial charge in [-0.2, -0.15) is 0 Å². The van der Waals surface area contributed by atoms with Crippen LogP contribution in [0.3, 0.4) is 0 Å². The standard InChI is InChI=1S/C21H21NO2S/c1-15(2)17-8-10-19(11-9-17)24-13-16-12-20(25-14-16)21(23)22-18-6-4-3-5-7-18/h3-12,14-15H,13H2,1-2H3,(H,22,23). The topological polar surface area (TPSA) is 38.3 Å². The number of carbonyl (C=O) groups excluding carboxylic acids is 1. The van der Waals surface area contributed by atoms with Crippen molar-refractivity contribution in [3.8, 4) is 5.75 Å². The number of ether oxygens (including phenoxy) is 1. The number of hydrogen-bond donors (Lipinski definition) is 1. The number of thiophene rings is 1. The molecule has 3 aromatic rings. The Morgan fingerprint density at radius 3 is 2.48 bits per heavy atom. The molecule has 0 bridgehead atoms. The SMILES string of the molecule is CC(C)c1ccc(OCc2csc(C(=O)Nc3ccccc3)c2)cc1. The third-order valence-electron chi connectivity index (χ3n) is 3.86. The average molecular weight is 351 g/mol. The highest BCUT2D eigenvalue weighted by Crippen LogP contribution is 2.21. The van der Waals surface area contributed by atoms with E-state index in [1.165, 1.54) is 16.9 Å². The fourth-order valence-electron chi connectivity index (χ4n) is 2.40. The lowest BCUT2D eigenvalue weighted by Crippen LogP contribution is -2.09. The Bertz CT molecular complexity index is 823. The molecule has 0 fully saturated rings. The molecule has 2 aromatic carbocycles. The monoisotopic (exact) mass is 351 g/mol. The van der Waals surface area contributed by atoms with E-state index < -0.39 is 0 Å². The third-order valence-corrected chi connectivity index (χ3v) is 4.84. The van der Waals surface area contributed by atoms with Gasteiger partial charge in [-0.1, -0.05) is 44.2 Å². The fourth-order valence-corrected chi connectivity index (χ4v) is 3.19. The summed E-state index contributed by atoms with van der Waals surface area (Å²) < 4.78 is 5.81. The van der Waals surface area contributed by atoms with Gasteiger partial charge >= 0.3 is 0 Å². The lowest BCUT2D eigenvalue weighted by Gasteiger charge is -2.08. The summed E-state index contributed by atoms with van der Waals surface area (Å²) in [7, 11) is 0. The van der Waals surface area contributed by atoms with Crippen LogP contribution in [0.4, 0.5) is 5.69 Å². The van der Waals surface area contributed by atoms with Gasteiger partial charge in [0.15, 0.2) is 0 Å². The average Bonchev–Trinajstić information content (AvgIpc) is 3.10. The minimum Gasteiger partial charge on any atom is -0.489 e. The Hall–Kier alpha value is -2.59. The summed E-state index contributed by atoms with van der Waals surface area (Å²) >= 11 is 1.43. The molecule has 0 aliphatic heterocycles. The van der Waals surface area contributed by atoms with Crippen molar-refractivity contribution in [3.63, 3.8) is 0 Å². The van der Waals surface area contributed by atoms with Gasteiger partial charge in [0, 0.05) is 11.3 Å². The molecule has 4 heteroatoms. The minimum absolute atomic E-state index is 0.0938. The van der Waals surface area contributed by atoms with Crippen molar-refractivity contribution in [1.82, 2.24) is 0 Å². The second-order valence-corrected chi connectivity index (χ2v) is 7.06. The molecule has 0 aliphatic carbocycles. The quantitative estimate of drug-likeness (QED) is 0.618. The van der Waals surface area contributed by atoms with Crippen LogP contribution in [0.25, 0.3) is 0 Å². The Labute approximate surface area is 152 Å². The summed E-state index contributed by atoms with van der Waals surface area (Å²) in [4.78, 5) is 12.9. The second kappa shape index (κ2) is 7.99. The van der Waals surface area contributed by atoms with Crippen molar-refractivity contribution in [2.45, 2.75) is 26.4 Å². The Balaban J connectivity index is 1.57. The van der Waals surface area contributed by atoms with Crippen molar-refractivity contribution >= 4 is 22.9 Å². The minimum atomic E-state index is -0.0938. The normalized spacial score (nSPS) is 10.7. The first-order chi connectivity index (χ1) is 12.1. The molecule has 0 spiro atoms. The van der Waals surface area contributed by atoms with Crippen molar-refractivity contribution in [2.75, 3.05) is 5.32 Å². The highest BCUT2D eigenvalue weighted by Gasteiger charge is 2.10. The first-order valence-corrected chi connectivity index (χ1v) is 9.16. The van der Waals surface area contributed by atoms with Crippen LogP contribution in [-0.4, -0.2) is 5.91 Å². The summed E-state index contributed by atoms with van der Waals surface area (Å²) in [6.07, 6.45) is 0. The highest BCUT2D eigenvalue weighted by molar-refractivity contribution is 7.12. The Kier molecular flexibility index (Phi) is 5.51. The van der Waals surface area contributed by atoms with Gasteiger partial charge in [0.25, 0.3) is 5.91 Å². The van der Waals surface area contributed by atoms with E-state index in [-0.39, 0.29) is 5.91 Å². The summed E-state index contributed by atoms with van der Waals surface area (Å²) in [5, 5.41) is 4.85. The van der Waals surface area contributed by atoms with Crippen molar-refractivity contribution in [1.29, 1.82) is 0 Å². The Morgan fingerprint density at radius 2 is 1.80 bits per heavy atom. The van der Waals surface area contributed by atoms with E-state index in [9.17, 15) is 4.79 Å². The lowest BCUT2D eigenvalue weighted by atomic mass is 10.0. The Morgan fingerprint density at radius 1 is 1.08 bits per heavy atom. The molecule has 1 aromatic heterocycles. The van der Waals surface area contributed by atoms with Crippen LogP contribution in [0, 0.1) is 0 Å². The van der Waals surface area contributed by atoms with Crippen LogP contribution < -0.4 is 10.1 Å². The number of benzene rings is 2. The zero-order valence-electron chi connectivity index (χ0n) is 14.4. The molecule has 25 heavy (non-hydrogen) atoms. The summed E-state index contributed by atoms with van der Waals surface area (Å²) in [6, 6.07) is 19.5. The van der Waals surface area contributed by atoms with Crippen LogP contribution in [-0.2, 0) is 6.61 Å². The van der Waals surface area contributed by atoms with E-state index in [0.717, 1.165) is 17.0 Å². The van der Waals surface area contributed by atoms with Crippen molar-refractivity contribution in [3.05, 3.63) is 82.0 Å². The first-order valence-electron chi connectivity index (χ1n) is 8.28. The largest absolute Gasteiger partial charge is 0.489 e. The van der Waals surface area contributed by atoms with E-state index in [1.807, 2.05) is 53.9 Å². The second-order valence-electron chi connectivity index (χ2n) is 6.15. The molecule has 1 amide bonds. The third kappa shape index (κ3) is 4.70. The molecule has 0 saturated carbocycles. The molecule has 0 aliphatic rings. The van der Waals surface area contributed by atoms with Crippen LogP contribution >= 0.6 is 11.3 Å². The summed E-state index contributed by atoms with van der Waals surface area (Å²) in [5.41, 5.74) is 3.09. The van der Waals surface area contributed by atoms with E-state index >= 15 is 0 Å². The highest BCUT2D eigenvalue weighted by atomic mass is 32.1. The number of amides is 1. The zero-order valence-corrected chi connectivity index (χ0v) is 15.2. The molecule has 0 unspecified atom stereocenters. The fraction of sp³-hybridized carbons (Fsp3) is 0.190. The van der Waals surface area contributed by atoms with Gasteiger partial charge in [-0.15, -0.1) is 11.3 Å². The smallest absolute Gasteiger partial charge is 0.265 e. The number of hydrogen-bond acceptors (Lipinski definition) is 3. The number of anilines is 1. The van der Waals surface area contributed by atoms with Gasteiger partial charge < -0.3 is 10.1 Å². The van der Waals surface area contributed by atoms with Gasteiger partial charge in [-0.25, -0.2) is 0 Å². The van der Waals surface area contributed by atoms with Gasteiger partial charge in [0.2, 0.25) is 0 Å². The van der Waals surface area contributed by atoms with Crippen LogP contribution in [0.15, 0.2) is 66.0 Å². The molecule has 0 saturated heterocycles. The molecule has 3 nitrogen and oxygen atoms in total. The molecule has 128 valence electrons. The molecule has 0 radical (unpaired) electrons. The van der Waals surface area contributed by atoms with E-state index in [4.69, 9.17) is 4.74 Å². The van der Waals surface area contributed by atoms with E-state index in [0.29, 0.717) is 17.4 Å². The van der Waals surface area contributed by atoms with Gasteiger partial charge in [0.05, 0.1) is 4.88 Å². The van der Waals surface area contributed by atoms with E-state index in [1.54, 1.807) is 0 Å². The van der Waals surface area contributed by atoms with Gasteiger partial charge in [-0.3, -0.25) is 4.79 Å². The molecule has 1 N–H and O–H groups in total. The summed E-state index contributed by atoms with van der Waals surface area (Å²) in [5.74, 6) is 1.26. The molecule has 0 atom stereocenters. The molecule has 1 heterocycles. The number of carbonyl (C=O) groups is 1. The number of para-hydroxylation sites is 1. The maximum absolute atomic E-state index is 12.3. The molecular weight excluding hydrogens is 330 g/mol. The summed E-state index contributed by atoms with van der Waals surface area (Å²) in [6.45, 7) is 4.79. The van der Waals surface area contributed by atoms with Gasteiger partial charge in [0.1, 0.15) is 12.4 Å². The number of rotatable bonds is 6. The lowest BCUT2D eigenvalue weighted by molar-refractivity contribution is 0.103. The maximum atomic E-state index is 12.3. The predicted octanol–water partition coefficient (Wildman–Crippen LogP) is 5.70. The van der Waals surface area contributed by atoms with Crippen LogP contribution in [0.1, 0.15) is 40.6 Å². The van der Waals surface area contributed by atoms with Gasteiger partial charge in [-0.05, 0) is 47.2 Å². The van der Waals surface area contributed by atoms with Crippen molar-refractivity contribution < 1.29 is 9.53 Å².